The van der Waals surface area contributed by atoms with Crippen molar-refractivity contribution < 1.29 is 14.0 Å². The number of hydrogen-bond donors (Lipinski definition) is 2. The number of ketones is 1. The second-order valence-electron chi connectivity index (χ2n) is 9.08. The number of pyridine rings is 1. The van der Waals surface area contributed by atoms with Crippen molar-refractivity contribution in [3.63, 3.8) is 0 Å². The molecule has 1 saturated heterocycles. The van der Waals surface area contributed by atoms with Crippen molar-refractivity contribution in [3.05, 3.63) is 100 Å². The summed E-state index contributed by atoms with van der Waals surface area (Å²) < 4.78 is 14.9. The van der Waals surface area contributed by atoms with Crippen LogP contribution >= 0.6 is 0 Å². The molecule has 3 aromatic carbocycles. The van der Waals surface area contributed by atoms with E-state index in [0.717, 1.165) is 24.1 Å². The number of nitrogens with zero attached hydrogens (tertiary/aromatic N) is 1. The van der Waals surface area contributed by atoms with Gasteiger partial charge in [-0.3, -0.25) is 14.4 Å². The fourth-order valence-electron chi connectivity index (χ4n) is 4.81. The van der Waals surface area contributed by atoms with E-state index in [1.54, 1.807) is 29.2 Å². The highest BCUT2D eigenvalue weighted by molar-refractivity contribution is 5.97. The van der Waals surface area contributed by atoms with E-state index >= 15 is 0 Å². The Morgan fingerprint density at radius 2 is 1.89 bits per heavy atom. The number of Topliss-reactive ketones (excluding diaryl/α,β-unsaturated/α-hetero) is 1. The number of amides is 1. The summed E-state index contributed by atoms with van der Waals surface area (Å²) in [5, 5.41) is 3.76. The standard InChI is InChI=1S/C29H26FN3O3/c1-18(34)25-17-32-27-12-10-21(15-24(27)28(25)35)31-16-22-8-5-13-33(22)29(36)20-9-11-23(26(30)14-20)19-6-3-2-4-7-19/h2-4,6-7,9-12,14-15,17,22,31H,5,8,13,16H2,1H3,(H,32,35). The molecule has 4 aromatic rings. The number of hydrogen-bond acceptors (Lipinski definition) is 4. The Hall–Kier alpha value is -4.26. The molecule has 1 aromatic heterocycles. The van der Waals surface area contributed by atoms with E-state index in [2.05, 4.69) is 10.3 Å². The summed E-state index contributed by atoms with van der Waals surface area (Å²) in [7, 11) is 0. The maximum Gasteiger partial charge on any atom is 0.254 e. The number of nitrogens with one attached hydrogen (secondary N) is 2. The van der Waals surface area contributed by atoms with Crippen LogP contribution in [-0.4, -0.2) is 40.7 Å². The highest BCUT2D eigenvalue weighted by Crippen LogP contribution is 2.26. The first kappa shape index (κ1) is 23.5. The van der Waals surface area contributed by atoms with Crippen LogP contribution < -0.4 is 10.7 Å². The molecule has 1 aliphatic rings. The zero-order valence-electron chi connectivity index (χ0n) is 19.9. The van der Waals surface area contributed by atoms with Crippen molar-refractivity contribution in [2.24, 2.45) is 0 Å². The molecule has 0 radical (unpaired) electrons. The van der Waals surface area contributed by atoms with E-state index in [4.69, 9.17) is 0 Å². The van der Waals surface area contributed by atoms with Crippen LogP contribution in [0.5, 0.6) is 0 Å². The van der Waals surface area contributed by atoms with Gasteiger partial charge >= 0.3 is 0 Å². The summed E-state index contributed by atoms with van der Waals surface area (Å²) >= 11 is 0. The van der Waals surface area contributed by atoms with Gasteiger partial charge in [0, 0.05) is 53.0 Å². The number of fused-ring (bicyclic) bond motifs is 1. The average Bonchev–Trinajstić information content (AvgIpc) is 3.36. The number of halogens is 1. The Bertz CT molecular complexity index is 1510. The van der Waals surface area contributed by atoms with Crippen LogP contribution in [-0.2, 0) is 0 Å². The molecule has 7 heteroatoms. The van der Waals surface area contributed by atoms with Gasteiger partial charge in [0.25, 0.3) is 5.91 Å². The maximum absolute atomic E-state index is 14.9. The van der Waals surface area contributed by atoms with Crippen LogP contribution in [0.25, 0.3) is 22.0 Å². The van der Waals surface area contributed by atoms with E-state index in [0.29, 0.717) is 35.1 Å². The van der Waals surface area contributed by atoms with Crippen molar-refractivity contribution in [2.45, 2.75) is 25.8 Å². The lowest BCUT2D eigenvalue weighted by Gasteiger charge is -2.25. The van der Waals surface area contributed by atoms with Gasteiger partial charge in [-0.05, 0) is 55.7 Å². The lowest BCUT2D eigenvalue weighted by Crippen LogP contribution is -2.39. The van der Waals surface area contributed by atoms with Crippen LogP contribution in [0.15, 0.2) is 77.7 Å². The SMILES string of the molecule is CC(=O)c1c[nH]c2ccc(NCC3CCCN3C(=O)c3ccc(-c4ccccc4)c(F)c3)cc2c1=O. The Labute approximate surface area is 207 Å². The van der Waals surface area contributed by atoms with Gasteiger partial charge in [0.15, 0.2) is 11.2 Å². The number of aromatic nitrogens is 1. The van der Waals surface area contributed by atoms with Gasteiger partial charge < -0.3 is 15.2 Å². The number of benzene rings is 3. The molecule has 2 heterocycles. The highest BCUT2D eigenvalue weighted by atomic mass is 19.1. The molecule has 2 N–H and O–H groups in total. The summed E-state index contributed by atoms with van der Waals surface area (Å²) in [6, 6.07) is 19.2. The van der Waals surface area contributed by atoms with Gasteiger partial charge in [-0.1, -0.05) is 36.4 Å². The first-order valence-electron chi connectivity index (χ1n) is 12.0. The zero-order chi connectivity index (χ0) is 25.2. The van der Waals surface area contributed by atoms with E-state index < -0.39 is 5.82 Å². The van der Waals surface area contributed by atoms with E-state index in [1.807, 2.05) is 36.4 Å². The minimum Gasteiger partial charge on any atom is -0.383 e. The fraction of sp³-hybridized carbons (Fsp3) is 0.207. The Morgan fingerprint density at radius 1 is 1.08 bits per heavy atom. The number of carbonyl (C=O) groups excluding carboxylic acids is 2. The minimum atomic E-state index is -0.424. The van der Waals surface area contributed by atoms with E-state index in [-0.39, 0.29) is 28.7 Å². The number of H-pyrrole nitrogens is 1. The molecule has 6 nitrogen and oxygen atoms in total. The molecule has 1 fully saturated rings. The molecule has 1 unspecified atom stereocenters. The predicted octanol–water partition coefficient (Wildman–Crippen LogP) is 5.25. The summed E-state index contributed by atoms with van der Waals surface area (Å²) in [6.45, 7) is 2.46. The van der Waals surface area contributed by atoms with Crippen molar-refractivity contribution >= 4 is 28.3 Å². The van der Waals surface area contributed by atoms with Gasteiger partial charge in [0.2, 0.25) is 0 Å². The molecule has 1 aliphatic heterocycles. The van der Waals surface area contributed by atoms with Crippen LogP contribution in [0.1, 0.15) is 40.5 Å². The second kappa shape index (κ2) is 9.77. The first-order chi connectivity index (χ1) is 17.4. The molecule has 182 valence electrons. The summed E-state index contributed by atoms with van der Waals surface area (Å²) in [6.07, 6.45) is 3.13. The smallest absolute Gasteiger partial charge is 0.254 e. The normalized spacial score (nSPS) is 15.3. The third-order valence-electron chi connectivity index (χ3n) is 6.74. The van der Waals surface area contributed by atoms with Crippen LogP contribution in [0.2, 0.25) is 0 Å². The Morgan fingerprint density at radius 3 is 2.64 bits per heavy atom. The molecule has 0 spiro atoms. The number of anilines is 1. The number of likely N-dealkylation sites (tertiary alicyclic amines) is 1. The van der Waals surface area contributed by atoms with Crippen molar-refractivity contribution in [3.8, 4) is 11.1 Å². The summed E-state index contributed by atoms with van der Waals surface area (Å²) in [4.78, 5) is 42.4. The van der Waals surface area contributed by atoms with Crippen LogP contribution in [0.4, 0.5) is 10.1 Å². The van der Waals surface area contributed by atoms with Gasteiger partial charge in [-0.25, -0.2) is 4.39 Å². The summed E-state index contributed by atoms with van der Waals surface area (Å²) in [5.41, 5.74) is 2.75. The largest absolute Gasteiger partial charge is 0.383 e. The van der Waals surface area contributed by atoms with Crippen molar-refractivity contribution in [1.29, 1.82) is 0 Å². The van der Waals surface area contributed by atoms with Crippen molar-refractivity contribution in [1.82, 2.24) is 9.88 Å². The molecule has 5 rings (SSSR count). The third kappa shape index (κ3) is 4.52. The molecule has 1 atom stereocenters. The number of aromatic amines is 1. The lowest BCUT2D eigenvalue weighted by atomic mass is 10.0. The molecular formula is C29H26FN3O3. The quantitative estimate of drug-likeness (QED) is 0.367. The Balaban J connectivity index is 1.31. The number of rotatable bonds is 6. The topological polar surface area (TPSA) is 82.3 Å². The van der Waals surface area contributed by atoms with Gasteiger partial charge in [-0.15, -0.1) is 0 Å². The summed E-state index contributed by atoms with van der Waals surface area (Å²) in [5.74, 6) is -0.907. The molecular weight excluding hydrogens is 457 g/mol. The predicted molar refractivity (Wildman–Crippen MR) is 139 cm³/mol. The lowest BCUT2D eigenvalue weighted by molar-refractivity contribution is 0.0743. The van der Waals surface area contributed by atoms with Gasteiger partial charge in [0.1, 0.15) is 5.82 Å². The van der Waals surface area contributed by atoms with Gasteiger partial charge in [0.05, 0.1) is 5.56 Å². The first-order valence-corrected chi connectivity index (χ1v) is 12.0. The Kier molecular flexibility index (Phi) is 6.38. The van der Waals surface area contributed by atoms with Crippen LogP contribution in [0.3, 0.4) is 0 Å². The van der Waals surface area contributed by atoms with Crippen molar-refractivity contribution in [2.75, 3.05) is 18.4 Å². The number of carbonyl (C=O) groups is 2. The van der Waals surface area contributed by atoms with Gasteiger partial charge in [-0.2, -0.15) is 0 Å². The van der Waals surface area contributed by atoms with E-state index in [1.165, 1.54) is 19.2 Å². The maximum atomic E-state index is 14.9. The zero-order valence-corrected chi connectivity index (χ0v) is 19.9. The molecule has 1 amide bonds. The molecule has 0 aliphatic carbocycles. The average molecular weight is 484 g/mol. The van der Waals surface area contributed by atoms with E-state index in [9.17, 15) is 18.8 Å². The molecule has 36 heavy (non-hydrogen) atoms. The monoisotopic (exact) mass is 483 g/mol. The highest BCUT2D eigenvalue weighted by Gasteiger charge is 2.29. The third-order valence-corrected chi connectivity index (χ3v) is 6.74. The second-order valence-corrected chi connectivity index (χ2v) is 9.08. The minimum absolute atomic E-state index is 0.0631. The molecule has 0 bridgehead atoms. The molecule has 0 saturated carbocycles. The fourth-order valence-corrected chi connectivity index (χ4v) is 4.81. The van der Waals surface area contributed by atoms with Crippen LogP contribution in [0, 0.1) is 5.82 Å².